The van der Waals surface area contributed by atoms with Gasteiger partial charge in [0.05, 0.1) is 12.5 Å². The van der Waals surface area contributed by atoms with Gasteiger partial charge in [-0.3, -0.25) is 18.7 Å². The molecule has 2 heterocycles. The smallest absolute Gasteiger partial charge is 0.307 e. The van der Waals surface area contributed by atoms with E-state index in [0.717, 1.165) is 14.6 Å². The fourth-order valence-electron chi connectivity index (χ4n) is 2.51. The van der Waals surface area contributed by atoms with E-state index < -0.39 is 17.2 Å². The van der Waals surface area contributed by atoms with E-state index in [0.29, 0.717) is 0 Å². The van der Waals surface area contributed by atoms with Gasteiger partial charge in [0.15, 0.2) is 5.52 Å². The minimum absolute atomic E-state index is 0.125. The van der Waals surface area contributed by atoms with E-state index in [2.05, 4.69) is 31.4 Å². The molecule has 0 bridgehead atoms. The molecule has 0 aliphatic heterocycles. The fraction of sp³-hybridized carbons (Fsp3) is 0.188. The highest BCUT2D eigenvalue weighted by atomic mass is 79.9. The minimum atomic E-state index is -0.505. The molecule has 0 fully saturated rings. The highest BCUT2D eigenvalue weighted by Gasteiger charge is 2.15. The van der Waals surface area contributed by atoms with E-state index in [1.54, 1.807) is 0 Å². The highest BCUT2D eigenvalue weighted by molar-refractivity contribution is 9.10. The number of aromatic nitrogens is 4. The Balaban J connectivity index is 1.80. The third kappa shape index (κ3) is 3.36. The monoisotopic (exact) mass is 418 g/mol. The summed E-state index contributed by atoms with van der Waals surface area (Å²) in [5.74, 6) is -0.413. The summed E-state index contributed by atoms with van der Waals surface area (Å²) in [6.45, 7) is -0.132. The number of imidazole rings is 1. The Morgan fingerprint density at radius 3 is 2.81 bits per heavy atom. The Labute approximate surface area is 155 Å². The number of hydrogen-bond donors (Lipinski definition) is 1. The second-order valence-corrected chi connectivity index (χ2v) is 6.51. The first-order chi connectivity index (χ1) is 12.4. The summed E-state index contributed by atoms with van der Waals surface area (Å²) in [5.41, 5.74) is 2.64. The van der Waals surface area contributed by atoms with Gasteiger partial charge in [-0.1, -0.05) is 28.1 Å². The number of halogens is 1. The van der Waals surface area contributed by atoms with Gasteiger partial charge in [0.25, 0.3) is 11.5 Å². The molecular weight excluding hydrogens is 404 g/mol. The maximum atomic E-state index is 12.1. The SMILES string of the molecule is Cn1c(=O)c2ncn(CC(=O)NN=Cc3cccc(Br)c3)c2n(C)c1=O. The van der Waals surface area contributed by atoms with Crippen molar-refractivity contribution in [2.24, 2.45) is 19.2 Å². The first-order valence-electron chi connectivity index (χ1n) is 7.57. The van der Waals surface area contributed by atoms with Crippen LogP contribution < -0.4 is 16.7 Å². The molecule has 0 saturated carbocycles. The van der Waals surface area contributed by atoms with Gasteiger partial charge in [0, 0.05) is 18.6 Å². The van der Waals surface area contributed by atoms with Crippen molar-refractivity contribution in [2.45, 2.75) is 6.54 Å². The molecular formula is C16H15BrN6O3. The summed E-state index contributed by atoms with van der Waals surface area (Å²) >= 11 is 3.35. The molecule has 3 rings (SSSR count). The second-order valence-electron chi connectivity index (χ2n) is 5.60. The van der Waals surface area contributed by atoms with Gasteiger partial charge in [-0.25, -0.2) is 15.2 Å². The lowest BCUT2D eigenvalue weighted by molar-refractivity contribution is -0.121. The largest absolute Gasteiger partial charge is 0.332 e. The average molecular weight is 419 g/mol. The second kappa shape index (κ2) is 7.08. The van der Waals surface area contributed by atoms with Crippen LogP contribution in [-0.2, 0) is 25.4 Å². The standard InChI is InChI=1S/C16H15BrN6O3/c1-21-14-13(15(25)22(2)16(21)26)18-9-23(14)8-12(24)20-19-7-10-4-3-5-11(17)6-10/h3-7,9H,8H2,1-2H3,(H,20,24). The van der Waals surface area contributed by atoms with Crippen molar-refractivity contribution >= 4 is 39.2 Å². The fourth-order valence-corrected chi connectivity index (χ4v) is 2.93. The molecule has 26 heavy (non-hydrogen) atoms. The molecule has 9 nitrogen and oxygen atoms in total. The summed E-state index contributed by atoms with van der Waals surface area (Å²) in [5, 5.41) is 3.90. The minimum Gasteiger partial charge on any atom is -0.307 e. The van der Waals surface area contributed by atoms with Crippen LogP contribution in [0.4, 0.5) is 0 Å². The lowest BCUT2D eigenvalue weighted by Gasteiger charge is -2.07. The number of fused-ring (bicyclic) bond motifs is 1. The molecule has 134 valence electrons. The number of aryl methyl sites for hydroxylation is 1. The predicted octanol–water partition coefficient (Wildman–Crippen LogP) is 0.347. The Kier molecular flexibility index (Phi) is 4.85. The van der Waals surface area contributed by atoms with Crippen LogP contribution in [0.5, 0.6) is 0 Å². The molecule has 0 atom stereocenters. The van der Waals surface area contributed by atoms with Crippen molar-refractivity contribution in [1.29, 1.82) is 0 Å². The van der Waals surface area contributed by atoms with Gasteiger partial charge in [0.1, 0.15) is 12.2 Å². The summed E-state index contributed by atoms with van der Waals surface area (Å²) in [7, 11) is 2.90. The zero-order valence-corrected chi connectivity index (χ0v) is 15.6. The summed E-state index contributed by atoms with van der Waals surface area (Å²) in [6, 6.07) is 7.43. The molecule has 3 aromatic rings. The molecule has 0 aliphatic rings. The maximum absolute atomic E-state index is 12.1. The van der Waals surface area contributed by atoms with E-state index in [1.807, 2.05) is 24.3 Å². The summed E-state index contributed by atoms with van der Waals surface area (Å²) < 4.78 is 4.59. The molecule has 0 radical (unpaired) electrons. The third-order valence-electron chi connectivity index (χ3n) is 3.77. The van der Waals surface area contributed by atoms with Crippen LogP contribution in [0.1, 0.15) is 5.56 Å². The van der Waals surface area contributed by atoms with Gasteiger partial charge in [0.2, 0.25) is 0 Å². The number of carbonyl (C=O) groups excluding carboxylic acids is 1. The first-order valence-corrected chi connectivity index (χ1v) is 8.36. The molecule has 2 aromatic heterocycles. The molecule has 1 amide bonds. The van der Waals surface area contributed by atoms with Gasteiger partial charge < -0.3 is 4.57 Å². The van der Waals surface area contributed by atoms with E-state index in [1.165, 1.54) is 35.8 Å². The van der Waals surface area contributed by atoms with Crippen LogP contribution in [0.15, 0.2) is 49.8 Å². The molecule has 1 N–H and O–H groups in total. The number of hydrazone groups is 1. The Morgan fingerprint density at radius 1 is 1.31 bits per heavy atom. The first kappa shape index (κ1) is 17.8. The molecule has 0 spiro atoms. The van der Waals surface area contributed by atoms with Gasteiger partial charge in [-0.05, 0) is 17.7 Å². The van der Waals surface area contributed by atoms with Crippen LogP contribution in [0.2, 0.25) is 0 Å². The van der Waals surface area contributed by atoms with Crippen molar-refractivity contribution in [3.05, 3.63) is 61.5 Å². The lowest BCUT2D eigenvalue weighted by atomic mass is 10.2. The zero-order chi connectivity index (χ0) is 18.8. The number of benzene rings is 1. The number of nitrogens with zero attached hydrogens (tertiary/aromatic N) is 5. The van der Waals surface area contributed by atoms with Crippen LogP contribution in [0.25, 0.3) is 11.2 Å². The van der Waals surface area contributed by atoms with Crippen LogP contribution in [-0.4, -0.2) is 30.8 Å². The normalized spacial score (nSPS) is 11.3. The number of rotatable bonds is 4. The van der Waals surface area contributed by atoms with Crippen molar-refractivity contribution in [3.63, 3.8) is 0 Å². The average Bonchev–Trinajstić information content (AvgIpc) is 3.02. The predicted molar refractivity (Wildman–Crippen MR) is 100 cm³/mol. The van der Waals surface area contributed by atoms with Crippen LogP contribution in [0.3, 0.4) is 0 Å². The molecule has 0 aliphatic carbocycles. The number of nitrogens with one attached hydrogen (secondary N) is 1. The van der Waals surface area contributed by atoms with E-state index >= 15 is 0 Å². The van der Waals surface area contributed by atoms with Gasteiger partial charge in [-0.2, -0.15) is 5.10 Å². The Bertz CT molecular complexity index is 1140. The molecule has 10 heteroatoms. The summed E-state index contributed by atoms with van der Waals surface area (Å²) in [4.78, 5) is 40.3. The topological polar surface area (TPSA) is 103 Å². The Morgan fingerprint density at radius 2 is 2.08 bits per heavy atom. The van der Waals surface area contributed by atoms with Gasteiger partial charge >= 0.3 is 5.69 Å². The quantitative estimate of drug-likeness (QED) is 0.487. The zero-order valence-electron chi connectivity index (χ0n) is 14.0. The third-order valence-corrected chi connectivity index (χ3v) is 4.27. The molecule has 1 aromatic carbocycles. The van der Waals surface area contributed by atoms with E-state index in [-0.39, 0.29) is 17.7 Å². The number of carbonyl (C=O) groups is 1. The number of amides is 1. The van der Waals surface area contributed by atoms with Crippen molar-refractivity contribution in [2.75, 3.05) is 0 Å². The van der Waals surface area contributed by atoms with Crippen LogP contribution >= 0.6 is 15.9 Å². The maximum Gasteiger partial charge on any atom is 0.332 e. The molecule has 0 unspecified atom stereocenters. The van der Waals surface area contributed by atoms with Crippen molar-refractivity contribution < 1.29 is 4.79 Å². The van der Waals surface area contributed by atoms with E-state index in [9.17, 15) is 14.4 Å². The molecule has 0 saturated heterocycles. The lowest BCUT2D eigenvalue weighted by Crippen LogP contribution is -2.37. The van der Waals surface area contributed by atoms with Crippen molar-refractivity contribution in [3.8, 4) is 0 Å². The van der Waals surface area contributed by atoms with E-state index in [4.69, 9.17) is 0 Å². The Hall–Kier alpha value is -3.01. The summed E-state index contributed by atoms with van der Waals surface area (Å²) in [6.07, 6.45) is 2.86. The van der Waals surface area contributed by atoms with Crippen molar-refractivity contribution in [1.82, 2.24) is 24.1 Å². The van der Waals surface area contributed by atoms with Crippen LogP contribution in [0, 0.1) is 0 Å². The number of hydrogen-bond acceptors (Lipinski definition) is 5. The highest BCUT2D eigenvalue weighted by Crippen LogP contribution is 2.10. The van der Waals surface area contributed by atoms with Gasteiger partial charge in [-0.15, -0.1) is 0 Å².